The number of hydrogen-bond donors (Lipinski definition) is 2. The molecule has 0 aliphatic carbocycles. The van der Waals surface area contributed by atoms with Crippen molar-refractivity contribution in [3.8, 4) is 0 Å². The number of anilines is 1. The standard InChI is InChI=1S/C19H23ClN4O3/c20-15-2-1-3-17-14(15)4-5-18(22-17)23-8-6-13(7-9-23)16(21)12-24(10-11-25)19(26)27/h1-5,11,13,16H,6-10,12,21H2,(H,26,27). The van der Waals surface area contributed by atoms with Gasteiger partial charge in [-0.25, -0.2) is 9.78 Å². The van der Waals surface area contributed by atoms with E-state index < -0.39 is 6.09 Å². The lowest BCUT2D eigenvalue weighted by molar-refractivity contribution is -0.108. The Kier molecular flexibility index (Phi) is 6.13. The van der Waals surface area contributed by atoms with Gasteiger partial charge >= 0.3 is 6.09 Å². The number of halogens is 1. The molecule has 1 saturated heterocycles. The summed E-state index contributed by atoms with van der Waals surface area (Å²) < 4.78 is 0. The second kappa shape index (κ2) is 8.54. The first kappa shape index (κ1) is 19.4. The van der Waals surface area contributed by atoms with Crippen LogP contribution in [0.2, 0.25) is 5.02 Å². The van der Waals surface area contributed by atoms with E-state index in [9.17, 15) is 9.59 Å². The second-order valence-electron chi connectivity index (χ2n) is 6.82. The van der Waals surface area contributed by atoms with Crippen LogP contribution in [0.5, 0.6) is 0 Å². The molecular weight excluding hydrogens is 368 g/mol. The van der Waals surface area contributed by atoms with Gasteiger partial charge in [-0.3, -0.25) is 4.90 Å². The molecule has 1 unspecified atom stereocenters. The van der Waals surface area contributed by atoms with Crippen molar-refractivity contribution in [2.24, 2.45) is 11.7 Å². The van der Waals surface area contributed by atoms with Crippen molar-refractivity contribution in [1.82, 2.24) is 9.88 Å². The molecule has 27 heavy (non-hydrogen) atoms. The molecule has 0 radical (unpaired) electrons. The summed E-state index contributed by atoms with van der Waals surface area (Å²) in [5.41, 5.74) is 7.09. The lowest BCUT2D eigenvalue weighted by Gasteiger charge is -2.36. The lowest BCUT2D eigenvalue weighted by Crippen LogP contribution is -2.48. The highest BCUT2D eigenvalue weighted by atomic mass is 35.5. The van der Waals surface area contributed by atoms with Crippen LogP contribution in [0.25, 0.3) is 10.9 Å². The first-order valence-corrected chi connectivity index (χ1v) is 9.34. The lowest BCUT2D eigenvalue weighted by atomic mass is 9.89. The predicted octanol–water partition coefficient (Wildman–Crippen LogP) is 2.61. The fourth-order valence-electron chi connectivity index (χ4n) is 3.56. The number of amides is 1. The number of carboxylic acid groups (broad SMARTS) is 1. The number of rotatable bonds is 6. The molecule has 7 nitrogen and oxygen atoms in total. The van der Waals surface area contributed by atoms with Gasteiger partial charge in [-0.2, -0.15) is 0 Å². The maximum atomic E-state index is 11.2. The molecule has 144 valence electrons. The normalized spacial score (nSPS) is 16.3. The van der Waals surface area contributed by atoms with Crippen molar-refractivity contribution < 1.29 is 14.7 Å². The Morgan fingerprint density at radius 3 is 2.78 bits per heavy atom. The van der Waals surface area contributed by atoms with Gasteiger partial charge in [0.15, 0.2) is 0 Å². The largest absolute Gasteiger partial charge is 0.465 e. The molecule has 1 atom stereocenters. The molecule has 3 N–H and O–H groups in total. The van der Waals surface area contributed by atoms with Gasteiger partial charge in [-0.05, 0) is 43.0 Å². The molecule has 0 bridgehead atoms. The number of hydrogen-bond acceptors (Lipinski definition) is 5. The second-order valence-corrected chi connectivity index (χ2v) is 7.23. The smallest absolute Gasteiger partial charge is 0.407 e. The Balaban J connectivity index is 1.61. The number of nitrogens with two attached hydrogens (primary N) is 1. The molecule has 3 rings (SSSR count). The van der Waals surface area contributed by atoms with Crippen molar-refractivity contribution in [3.05, 3.63) is 35.4 Å². The molecule has 0 saturated carbocycles. The van der Waals surface area contributed by atoms with Crippen molar-refractivity contribution in [2.75, 3.05) is 31.1 Å². The predicted molar refractivity (Wildman–Crippen MR) is 105 cm³/mol. The SMILES string of the molecule is NC(CN(CC=O)C(=O)O)C1CCN(c2ccc3c(Cl)cccc3n2)CC1. The minimum Gasteiger partial charge on any atom is -0.465 e. The Hall–Kier alpha value is -2.38. The minimum absolute atomic E-state index is 0.147. The summed E-state index contributed by atoms with van der Waals surface area (Å²) in [6, 6.07) is 9.36. The maximum absolute atomic E-state index is 11.2. The average molecular weight is 391 g/mol. The number of fused-ring (bicyclic) bond motifs is 1. The van der Waals surface area contributed by atoms with Crippen molar-refractivity contribution in [2.45, 2.75) is 18.9 Å². The Bertz CT molecular complexity index is 824. The molecule has 2 aromatic rings. The molecular formula is C19H23ClN4O3. The molecule has 1 aliphatic heterocycles. The highest BCUT2D eigenvalue weighted by Gasteiger charge is 2.27. The summed E-state index contributed by atoms with van der Waals surface area (Å²) in [5, 5.41) is 10.8. The third-order valence-corrected chi connectivity index (χ3v) is 5.46. The number of piperidine rings is 1. The van der Waals surface area contributed by atoms with Crippen LogP contribution < -0.4 is 10.6 Å². The molecule has 1 amide bonds. The average Bonchev–Trinajstić information content (AvgIpc) is 2.67. The van der Waals surface area contributed by atoms with Gasteiger partial charge in [0, 0.05) is 36.1 Å². The van der Waals surface area contributed by atoms with Gasteiger partial charge in [0.2, 0.25) is 0 Å². The van der Waals surface area contributed by atoms with Crippen molar-refractivity contribution in [1.29, 1.82) is 0 Å². The summed E-state index contributed by atoms with van der Waals surface area (Å²) >= 11 is 6.20. The van der Waals surface area contributed by atoms with Crippen LogP contribution in [0.1, 0.15) is 12.8 Å². The van der Waals surface area contributed by atoms with E-state index in [0.29, 0.717) is 11.3 Å². The number of carbonyl (C=O) groups excluding carboxylic acids is 1. The summed E-state index contributed by atoms with van der Waals surface area (Å²) in [5.74, 6) is 1.12. The third-order valence-electron chi connectivity index (χ3n) is 5.13. The molecule has 1 aliphatic rings. The Morgan fingerprint density at radius 1 is 1.37 bits per heavy atom. The quantitative estimate of drug-likeness (QED) is 0.735. The van der Waals surface area contributed by atoms with E-state index >= 15 is 0 Å². The van der Waals surface area contributed by atoms with Crippen LogP contribution in [0.15, 0.2) is 30.3 Å². The first-order valence-electron chi connectivity index (χ1n) is 8.97. The number of nitrogens with zero attached hydrogens (tertiary/aromatic N) is 3. The van der Waals surface area contributed by atoms with E-state index in [1.165, 1.54) is 0 Å². The zero-order chi connectivity index (χ0) is 19.4. The van der Waals surface area contributed by atoms with Gasteiger partial charge in [0.25, 0.3) is 0 Å². The van der Waals surface area contributed by atoms with E-state index in [0.717, 1.165) is 47.6 Å². The van der Waals surface area contributed by atoms with Crippen LogP contribution in [-0.4, -0.2) is 59.6 Å². The van der Waals surface area contributed by atoms with Crippen LogP contribution in [0, 0.1) is 5.92 Å². The maximum Gasteiger partial charge on any atom is 0.407 e. The van der Waals surface area contributed by atoms with Gasteiger partial charge in [-0.1, -0.05) is 17.7 Å². The summed E-state index contributed by atoms with van der Waals surface area (Å²) in [6.45, 7) is 1.63. The Labute approximate surface area is 162 Å². The zero-order valence-electron chi connectivity index (χ0n) is 14.9. The van der Waals surface area contributed by atoms with E-state index in [-0.39, 0.29) is 25.0 Å². The van der Waals surface area contributed by atoms with Gasteiger partial charge < -0.3 is 20.5 Å². The molecule has 0 spiro atoms. The van der Waals surface area contributed by atoms with Crippen LogP contribution >= 0.6 is 11.6 Å². The number of pyridine rings is 1. The van der Waals surface area contributed by atoms with Gasteiger partial charge in [-0.15, -0.1) is 0 Å². The molecule has 1 aromatic carbocycles. The van der Waals surface area contributed by atoms with Crippen molar-refractivity contribution >= 4 is 40.7 Å². The first-order chi connectivity index (χ1) is 13.0. The minimum atomic E-state index is -1.12. The van der Waals surface area contributed by atoms with Gasteiger partial charge in [0.05, 0.1) is 12.1 Å². The highest BCUT2D eigenvalue weighted by molar-refractivity contribution is 6.35. The molecule has 8 heteroatoms. The van der Waals surface area contributed by atoms with Crippen LogP contribution in [0.3, 0.4) is 0 Å². The fraction of sp³-hybridized carbons (Fsp3) is 0.421. The van der Waals surface area contributed by atoms with E-state index in [4.69, 9.17) is 27.4 Å². The Morgan fingerprint density at radius 2 is 2.11 bits per heavy atom. The molecule has 1 aromatic heterocycles. The topological polar surface area (TPSA) is 99.8 Å². The van der Waals surface area contributed by atoms with E-state index in [2.05, 4.69) is 4.90 Å². The molecule has 1 fully saturated rings. The fourth-order valence-corrected chi connectivity index (χ4v) is 3.80. The monoisotopic (exact) mass is 390 g/mol. The zero-order valence-corrected chi connectivity index (χ0v) is 15.7. The van der Waals surface area contributed by atoms with E-state index in [1.54, 1.807) is 0 Å². The van der Waals surface area contributed by atoms with Crippen LogP contribution in [0.4, 0.5) is 10.6 Å². The van der Waals surface area contributed by atoms with Crippen molar-refractivity contribution in [3.63, 3.8) is 0 Å². The number of carbonyl (C=O) groups is 2. The molecule has 2 heterocycles. The van der Waals surface area contributed by atoms with Crippen LogP contribution in [-0.2, 0) is 4.79 Å². The number of aldehydes is 1. The highest BCUT2D eigenvalue weighted by Crippen LogP contribution is 2.28. The van der Waals surface area contributed by atoms with Gasteiger partial charge in [0.1, 0.15) is 12.1 Å². The number of benzene rings is 1. The summed E-state index contributed by atoms with van der Waals surface area (Å²) in [4.78, 5) is 29.8. The number of aromatic nitrogens is 1. The summed E-state index contributed by atoms with van der Waals surface area (Å²) in [6.07, 6.45) is 1.17. The summed E-state index contributed by atoms with van der Waals surface area (Å²) in [7, 11) is 0. The van der Waals surface area contributed by atoms with E-state index in [1.807, 2.05) is 30.3 Å². The third kappa shape index (κ3) is 4.48.